The van der Waals surface area contributed by atoms with Crippen LogP contribution < -0.4 is 14.2 Å². The van der Waals surface area contributed by atoms with Gasteiger partial charge in [-0.2, -0.15) is 0 Å². The standard InChI is InChI=1S/C17H18O4/c1-19-12-6-7-15(20-2)14(10-12)16(18)13-5-3-4-11-8-9-21-17(11)13/h3-7,10,16,18H,8-9H2,1-2H3. The normalized spacial score (nSPS) is 14.2. The van der Waals surface area contributed by atoms with Gasteiger partial charge in [0.05, 0.1) is 20.8 Å². The molecule has 0 bridgehead atoms. The lowest BCUT2D eigenvalue weighted by molar-refractivity contribution is 0.208. The first-order valence-corrected chi connectivity index (χ1v) is 6.89. The summed E-state index contributed by atoms with van der Waals surface area (Å²) < 4.78 is 16.3. The largest absolute Gasteiger partial charge is 0.497 e. The van der Waals surface area contributed by atoms with Crippen molar-refractivity contribution in [3.8, 4) is 17.2 Å². The van der Waals surface area contributed by atoms with Crippen molar-refractivity contribution in [1.82, 2.24) is 0 Å². The van der Waals surface area contributed by atoms with Crippen LogP contribution in [0.2, 0.25) is 0 Å². The van der Waals surface area contributed by atoms with E-state index in [0.717, 1.165) is 23.3 Å². The molecule has 2 aromatic rings. The van der Waals surface area contributed by atoms with Crippen LogP contribution >= 0.6 is 0 Å². The van der Waals surface area contributed by atoms with Crippen LogP contribution in [0.1, 0.15) is 22.8 Å². The maximum absolute atomic E-state index is 10.8. The molecule has 1 N–H and O–H groups in total. The fourth-order valence-corrected chi connectivity index (χ4v) is 2.68. The van der Waals surface area contributed by atoms with Gasteiger partial charge in [-0.3, -0.25) is 0 Å². The summed E-state index contributed by atoms with van der Waals surface area (Å²) in [4.78, 5) is 0. The van der Waals surface area contributed by atoms with Crippen LogP contribution in [0, 0.1) is 0 Å². The number of aliphatic hydroxyl groups excluding tert-OH is 1. The van der Waals surface area contributed by atoms with E-state index in [9.17, 15) is 5.11 Å². The molecule has 1 aliphatic heterocycles. The van der Waals surface area contributed by atoms with Crippen LogP contribution in [-0.4, -0.2) is 25.9 Å². The first kappa shape index (κ1) is 13.8. The van der Waals surface area contributed by atoms with E-state index in [4.69, 9.17) is 14.2 Å². The number of aliphatic hydroxyl groups is 1. The van der Waals surface area contributed by atoms with E-state index in [1.807, 2.05) is 18.2 Å². The summed E-state index contributed by atoms with van der Waals surface area (Å²) in [5.74, 6) is 2.09. The predicted molar refractivity (Wildman–Crippen MR) is 79.2 cm³/mol. The van der Waals surface area contributed by atoms with Gasteiger partial charge in [0.2, 0.25) is 0 Å². The Bertz CT molecular complexity index is 651. The Hall–Kier alpha value is -2.20. The minimum Gasteiger partial charge on any atom is -0.497 e. The molecule has 0 saturated carbocycles. The van der Waals surface area contributed by atoms with Crippen LogP contribution in [-0.2, 0) is 6.42 Å². The molecule has 1 atom stereocenters. The number of hydrogen-bond acceptors (Lipinski definition) is 4. The lowest BCUT2D eigenvalue weighted by atomic mass is 9.97. The van der Waals surface area contributed by atoms with Crippen molar-refractivity contribution < 1.29 is 19.3 Å². The van der Waals surface area contributed by atoms with Gasteiger partial charge in [-0.05, 0) is 23.8 Å². The summed E-state index contributed by atoms with van der Waals surface area (Å²) in [5, 5.41) is 10.8. The molecule has 4 nitrogen and oxygen atoms in total. The molecule has 0 fully saturated rings. The molecule has 3 rings (SSSR count). The lowest BCUT2D eigenvalue weighted by Crippen LogP contribution is -2.05. The van der Waals surface area contributed by atoms with E-state index in [-0.39, 0.29) is 0 Å². The number of para-hydroxylation sites is 1. The minimum absolute atomic E-state index is 0.624. The van der Waals surface area contributed by atoms with Gasteiger partial charge in [0.25, 0.3) is 0 Å². The molecule has 1 aliphatic rings. The predicted octanol–water partition coefficient (Wildman–Crippen LogP) is 2.72. The Morgan fingerprint density at radius 2 is 1.95 bits per heavy atom. The van der Waals surface area contributed by atoms with Gasteiger partial charge >= 0.3 is 0 Å². The molecular weight excluding hydrogens is 268 g/mol. The van der Waals surface area contributed by atoms with Gasteiger partial charge in [-0.15, -0.1) is 0 Å². The molecule has 0 spiro atoms. The van der Waals surface area contributed by atoms with Gasteiger partial charge in [-0.1, -0.05) is 18.2 Å². The van der Waals surface area contributed by atoms with Crippen molar-refractivity contribution in [2.24, 2.45) is 0 Å². The first-order chi connectivity index (χ1) is 10.2. The summed E-state index contributed by atoms with van der Waals surface area (Å²) >= 11 is 0. The zero-order valence-electron chi connectivity index (χ0n) is 12.1. The third-order valence-electron chi connectivity index (χ3n) is 3.77. The molecule has 0 amide bonds. The molecule has 0 saturated heterocycles. The second-order valence-electron chi connectivity index (χ2n) is 4.94. The summed E-state index contributed by atoms with van der Waals surface area (Å²) in [6, 6.07) is 11.2. The molecule has 1 unspecified atom stereocenters. The number of ether oxygens (including phenoxy) is 3. The number of rotatable bonds is 4. The first-order valence-electron chi connectivity index (χ1n) is 6.89. The SMILES string of the molecule is COc1ccc(OC)c(C(O)c2cccc3c2OCC3)c1. The average molecular weight is 286 g/mol. The number of fused-ring (bicyclic) bond motifs is 1. The van der Waals surface area contributed by atoms with Crippen molar-refractivity contribution >= 4 is 0 Å². The average Bonchev–Trinajstić information content (AvgIpc) is 3.02. The Balaban J connectivity index is 2.06. The highest BCUT2D eigenvalue weighted by Crippen LogP contribution is 2.39. The smallest absolute Gasteiger partial charge is 0.128 e. The van der Waals surface area contributed by atoms with Gasteiger partial charge in [0.1, 0.15) is 23.4 Å². The highest BCUT2D eigenvalue weighted by molar-refractivity contribution is 5.51. The third-order valence-corrected chi connectivity index (χ3v) is 3.77. The zero-order chi connectivity index (χ0) is 14.8. The third kappa shape index (κ3) is 2.43. The van der Waals surface area contributed by atoms with E-state index in [1.54, 1.807) is 32.4 Å². The highest BCUT2D eigenvalue weighted by Gasteiger charge is 2.24. The Morgan fingerprint density at radius 1 is 1.10 bits per heavy atom. The maximum Gasteiger partial charge on any atom is 0.128 e. The Morgan fingerprint density at radius 3 is 2.71 bits per heavy atom. The molecule has 0 aromatic heterocycles. The summed E-state index contributed by atoms with van der Waals surface area (Å²) in [6.07, 6.45) is 0.0635. The van der Waals surface area contributed by atoms with Gasteiger partial charge in [0.15, 0.2) is 0 Å². The van der Waals surface area contributed by atoms with Crippen molar-refractivity contribution in [1.29, 1.82) is 0 Å². The number of benzene rings is 2. The molecule has 2 aromatic carbocycles. The maximum atomic E-state index is 10.8. The summed E-state index contributed by atoms with van der Waals surface area (Å²) in [5.41, 5.74) is 2.56. The van der Waals surface area contributed by atoms with E-state index in [0.29, 0.717) is 23.7 Å². The Kier molecular flexibility index (Phi) is 3.71. The van der Waals surface area contributed by atoms with Crippen LogP contribution in [0.25, 0.3) is 0 Å². The second-order valence-corrected chi connectivity index (χ2v) is 4.94. The number of hydrogen-bond donors (Lipinski definition) is 1. The minimum atomic E-state index is -0.817. The molecular formula is C17H18O4. The molecule has 110 valence electrons. The summed E-state index contributed by atoms with van der Waals surface area (Å²) in [6.45, 7) is 0.661. The second kappa shape index (κ2) is 5.66. The molecule has 1 heterocycles. The van der Waals surface area contributed by atoms with E-state index in [2.05, 4.69) is 0 Å². The monoisotopic (exact) mass is 286 g/mol. The van der Waals surface area contributed by atoms with Crippen LogP contribution in [0.15, 0.2) is 36.4 Å². The van der Waals surface area contributed by atoms with E-state index >= 15 is 0 Å². The molecule has 4 heteroatoms. The lowest BCUT2D eigenvalue weighted by Gasteiger charge is -2.18. The van der Waals surface area contributed by atoms with Crippen molar-refractivity contribution in [2.45, 2.75) is 12.5 Å². The zero-order valence-corrected chi connectivity index (χ0v) is 12.1. The van der Waals surface area contributed by atoms with Crippen LogP contribution in [0.3, 0.4) is 0 Å². The van der Waals surface area contributed by atoms with Crippen LogP contribution in [0.4, 0.5) is 0 Å². The van der Waals surface area contributed by atoms with Crippen molar-refractivity contribution in [3.05, 3.63) is 53.1 Å². The van der Waals surface area contributed by atoms with E-state index in [1.165, 1.54) is 0 Å². The van der Waals surface area contributed by atoms with Crippen molar-refractivity contribution in [2.75, 3.05) is 20.8 Å². The summed E-state index contributed by atoms with van der Waals surface area (Å²) in [7, 11) is 3.19. The fourth-order valence-electron chi connectivity index (χ4n) is 2.68. The van der Waals surface area contributed by atoms with Gasteiger partial charge in [-0.25, -0.2) is 0 Å². The molecule has 0 aliphatic carbocycles. The van der Waals surface area contributed by atoms with E-state index < -0.39 is 6.10 Å². The van der Waals surface area contributed by atoms with Gasteiger partial charge in [0, 0.05) is 17.5 Å². The fraction of sp³-hybridized carbons (Fsp3) is 0.294. The highest BCUT2D eigenvalue weighted by atomic mass is 16.5. The van der Waals surface area contributed by atoms with Crippen LogP contribution in [0.5, 0.6) is 17.2 Å². The Labute approximate surface area is 123 Å². The topological polar surface area (TPSA) is 47.9 Å². The molecule has 21 heavy (non-hydrogen) atoms. The molecule has 0 radical (unpaired) electrons. The van der Waals surface area contributed by atoms with Crippen molar-refractivity contribution in [3.63, 3.8) is 0 Å². The number of methoxy groups -OCH3 is 2. The quantitative estimate of drug-likeness (QED) is 0.939. The van der Waals surface area contributed by atoms with Gasteiger partial charge < -0.3 is 19.3 Å².